The first kappa shape index (κ1) is 25.3. The Morgan fingerprint density at radius 3 is 2.41 bits per heavy atom. The van der Waals surface area contributed by atoms with E-state index in [1.54, 1.807) is 54.7 Å². The molecule has 1 aliphatic heterocycles. The number of anilines is 4. The van der Waals surface area contributed by atoms with Crippen LogP contribution in [0.15, 0.2) is 58.4 Å². The molecular formula is C25H25N9O2S. The Morgan fingerprint density at radius 2 is 1.78 bits per heavy atom. The van der Waals surface area contributed by atoms with Crippen molar-refractivity contribution >= 4 is 39.0 Å². The lowest BCUT2D eigenvalue weighted by Crippen LogP contribution is -2.32. The average molecular weight is 516 g/mol. The summed E-state index contributed by atoms with van der Waals surface area (Å²) < 4.78 is 28.8. The number of hydrogen-bond acceptors (Lipinski definition) is 10. The number of fused-ring (bicyclic) bond motifs is 1. The van der Waals surface area contributed by atoms with Crippen LogP contribution in [0.25, 0.3) is 0 Å². The smallest absolute Gasteiger partial charge is 0.261 e. The predicted octanol–water partition coefficient (Wildman–Crippen LogP) is 3.16. The number of rotatable bonds is 4. The van der Waals surface area contributed by atoms with Gasteiger partial charge < -0.3 is 16.8 Å². The molecule has 0 saturated carbocycles. The van der Waals surface area contributed by atoms with E-state index < -0.39 is 16.1 Å². The molecule has 4 rings (SSSR count). The van der Waals surface area contributed by atoms with Gasteiger partial charge in [0.15, 0.2) is 6.19 Å². The first-order valence-corrected chi connectivity index (χ1v) is 12.6. The first-order valence-electron chi connectivity index (χ1n) is 11.2. The van der Waals surface area contributed by atoms with E-state index in [0.29, 0.717) is 16.8 Å². The van der Waals surface area contributed by atoms with E-state index in [1.165, 1.54) is 0 Å². The van der Waals surface area contributed by atoms with E-state index in [4.69, 9.17) is 16.7 Å². The van der Waals surface area contributed by atoms with Crippen LogP contribution in [0.5, 0.6) is 0 Å². The lowest BCUT2D eigenvalue weighted by Gasteiger charge is -2.26. The van der Waals surface area contributed by atoms with E-state index in [0.717, 1.165) is 5.56 Å². The monoisotopic (exact) mass is 515 g/mol. The summed E-state index contributed by atoms with van der Waals surface area (Å²) in [4.78, 5) is 8.85. The van der Waals surface area contributed by atoms with Crippen LogP contribution in [0.4, 0.5) is 23.0 Å². The van der Waals surface area contributed by atoms with Crippen LogP contribution < -0.4 is 26.8 Å². The molecule has 2 aromatic carbocycles. The van der Waals surface area contributed by atoms with Gasteiger partial charge in [-0.05, 0) is 40.8 Å². The molecule has 188 valence electrons. The molecule has 1 unspecified atom stereocenters. The minimum absolute atomic E-state index is 0.00741. The summed E-state index contributed by atoms with van der Waals surface area (Å²) >= 11 is 0. The molecule has 0 saturated heterocycles. The zero-order valence-corrected chi connectivity index (χ0v) is 21.2. The van der Waals surface area contributed by atoms with Crippen LogP contribution in [0.1, 0.15) is 49.1 Å². The number of benzene rings is 2. The second-order valence-corrected chi connectivity index (χ2v) is 11.1. The molecular weight excluding hydrogens is 490 g/mol. The summed E-state index contributed by atoms with van der Waals surface area (Å²) in [6.07, 6.45) is 1.79. The zero-order chi connectivity index (χ0) is 27.0. The van der Waals surface area contributed by atoms with Crippen molar-refractivity contribution in [2.24, 2.45) is 4.99 Å². The van der Waals surface area contributed by atoms with Gasteiger partial charge in [0.05, 0.1) is 10.6 Å². The second kappa shape index (κ2) is 9.33. The number of hydrogen-bond donors (Lipinski definition) is 5. The van der Waals surface area contributed by atoms with Gasteiger partial charge >= 0.3 is 0 Å². The number of aromatic nitrogens is 1. The van der Waals surface area contributed by atoms with Gasteiger partial charge in [-0.1, -0.05) is 45.0 Å². The van der Waals surface area contributed by atoms with Crippen molar-refractivity contribution in [2.75, 3.05) is 21.5 Å². The zero-order valence-electron chi connectivity index (χ0n) is 20.4. The highest BCUT2D eigenvalue weighted by Crippen LogP contribution is 2.41. The first-order chi connectivity index (χ1) is 17.4. The van der Waals surface area contributed by atoms with Crippen LogP contribution in [-0.4, -0.2) is 19.4 Å². The van der Waals surface area contributed by atoms with Crippen LogP contribution >= 0.6 is 0 Å². The third-order valence-electron chi connectivity index (χ3n) is 5.84. The Labute approximate surface area is 214 Å². The number of pyridine rings is 1. The molecule has 1 atom stereocenters. The van der Waals surface area contributed by atoms with E-state index in [2.05, 4.69) is 46.1 Å². The Hall–Kier alpha value is -4.81. The Balaban J connectivity index is 1.73. The minimum atomic E-state index is -3.88. The second-order valence-electron chi connectivity index (χ2n) is 9.41. The summed E-state index contributed by atoms with van der Waals surface area (Å²) in [5.41, 5.74) is 14.4. The van der Waals surface area contributed by atoms with Crippen LogP contribution in [0.2, 0.25) is 0 Å². The summed E-state index contributed by atoms with van der Waals surface area (Å²) in [5, 5.41) is 23.9. The van der Waals surface area contributed by atoms with Crippen molar-refractivity contribution < 1.29 is 8.42 Å². The lowest BCUT2D eigenvalue weighted by molar-refractivity contribution is 0.587. The number of nitrogens with zero attached hydrogens (tertiary/aromatic N) is 4. The van der Waals surface area contributed by atoms with Gasteiger partial charge in [-0.3, -0.25) is 10.0 Å². The minimum Gasteiger partial charge on any atom is -0.397 e. The van der Waals surface area contributed by atoms with Gasteiger partial charge in [0.25, 0.3) is 10.0 Å². The van der Waals surface area contributed by atoms with Gasteiger partial charge in [0, 0.05) is 11.3 Å². The standard InChI is InChI=1S/C25H25N9O2S/c1-25(2,3)15-7-9-17(10-8-15)37(35,36)34-16-6-4-5-14(11-16)21-19-20(28)18(12-26)22(29)32-23(19)33-24(31-21)30-13-27/h4-11,21,34H,1-3H3,(H6,28,29,30,31,32,33). The van der Waals surface area contributed by atoms with Crippen LogP contribution in [0.3, 0.4) is 0 Å². The van der Waals surface area contributed by atoms with Gasteiger partial charge in [0.1, 0.15) is 29.3 Å². The Bertz CT molecular complexity index is 1590. The highest BCUT2D eigenvalue weighted by molar-refractivity contribution is 7.92. The molecule has 3 aromatic rings. The SMILES string of the molecule is CC(C)(C)c1ccc(S(=O)(=O)Nc2cccc(C3N=C(NC#N)Nc4nc(N)c(C#N)c(N)c43)c2)cc1. The molecule has 2 heterocycles. The summed E-state index contributed by atoms with van der Waals surface area (Å²) in [6.45, 7) is 6.15. The molecule has 7 N–H and O–H groups in total. The molecule has 0 fully saturated rings. The Morgan fingerprint density at radius 1 is 1.08 bits per heavy atom. The largest absolute Gasteiger partial charge is 0.397 e. The summed E-state index contributed by atoms with van der Waals surface area (Å²) in [7, 11) is -3.88. The topological polar surface area (TPSA) is 195 Å². The number of sulfonamides is 1. The molecule has 0 amide bonds. The molecule has 0 spiro atoms. The maximum absolute atomic E-state index is 13.1. The van der Waals surface area contributed by atoms with E-state index in [1.807, 2.05) is 6.07 Å². The third kappa shape index (κ3) is 4.96. The van der Waals surface area contributed by atoms with Gasteiger partial charge in [0.2, 0.25) is 5.96 Å². The number of nitrogens with one attached hydrogen (secondary N) is 3. The van der Waals surface area contributed by atoms with Crippen LogP contribution in [-0.2, 0) is 15.4 Å². The van der Waals surface area contributed by atoms with Crippen molar-refractivity contribution in [3.8, 4) is 12.3 Å². The summed E-state index contributed by atoms with van der Waals surface area (Å²) in [5.74, 6) is 0.264. The predicted molar refractivity (Wildman–Crippen MR) is 142 cm³/mol. The lowest BCUT2D eigenvalue weighted by atomic mass is 9.87. The fraction of sp³-hybridized carbons (Fsp3) is 0.200. The molecule has 12 heteroatoms. The number of aliphatic imine (C=N–C) groups is 1. The molecule has 1 aromatic heterocycles. The van der Waals surface area contributed by atoms with Crippen LogP contribution in [0, 0.1) is 22.8 Å². The number of nitrogen functional groups attached to an aromatic ring is 2. The van der Waals surface area contributed by atoms with Crippen molar-refractivity contribution in [1.29, 1.82) is 10.5 Å². The Kier molecular flexibility index (Phi) is 6.38. The normalized spacial score (nSPS) is 14.8. The van der Waals surface area contributed by atoms with Gasteiger partial charge in [-0.2, -0.15) is 10.5 Å². The highest BCUT2D eigenvalue weighted by atomic mass is 32.2. The van der Waals surface area contributed by atoms with E-state index in [-0.39, 0.29) is 39.2 Å². The van der Waals surface area contributed by atoms with E-state index in [9.17, 15) is 13.7 Å². The number of nitrogens with two attached hydrogens (primary N) is 2. The fourth-order valence-electron chi connectivity index (χ4n) is 3.94. The summed E-state index contributed by atoms with van der Waals surface area (Å²) in [6, 6.07) is 14.5. The maximum atomic E-state index is 13.1. The third-order valence-corrected chi connectivity index (χ3v) is 7.24. The van der Waals surface area contributed by atoms with Crippen molar-refractivity contribution in [3.05, 3.63) is 70.8 Å². The quantitative estimate of drug-likeness (QED) is 0.256. The van der Waals surface area contributed by atoms with E-state index >= 15 is 0 Å². The maximum Gasteiger partial charge on any atom is 0.261 e. The molecule has 1 aliphatic rings. The molecule has 0 aliphatic carbocycles. The molecule has 0 bridgehead atoms. The molecule has 37 heavy (non-hydrogen) atoms. The van der Waals surface area contributed by atoms with Gasteiger partial charge in [-0.25, -0.2) is 18.4 Å². The van der Waals surface area contributed by atoms with Crippen molar-refractivity contribution in [3.63, 3.8) is 0 Å². The number of nitriles is 2. The van der Waals surface area contributed by atoms with Crippen molar-refractivity contribution in [1.82, 2.24) is 10.3 Å². The fourth-order valence-corrected chi connectivity index (χ4v) is 4.99. The van der Waals surface area contributed by atoms with Crippen molar-refractivity contribution in [2.45, 2.75) is 37.1 Å². The highest BCUT2D eigenvalue weighted by Gasteiger charge is 2.30. The van der Waals surface area contributed by atoms with Gasteiger partial charge in [-0.15, -0.1) is 0 Å². The molecule has 11 nitrogen and oxygen atoms in total. The molecule has 0 radical (unpaired) electrons. The average Bonchev–Trinajstić information content (AvgIpc) is 2.83. The number of guanidine groups is 1.